The van der Waals surface area contributed by atoms with E-state index in [9.17, 15) is 9.18 Å². The Hall–Kier alpha value is -2.24. The molecule has 0 aliphatic heterocycles. The summed E-state index contributed by atoms with van der Waals surface area (Å²) in [6.45, 7) is 0. The van der Waals surface area contributed by atoms with E-state index < -0.39 is 11.7 Å². The van der Waals surface area contributed by atoms with Gasteiger partial charge in [-0.3, -0.25) is 4.79 Å². The molecule has 1 aromatic carbocycles. The summed E-state index contributed by atoms with van der Waals surface area (Å²) in [7, 11) is 4.19. The molecule has 1 aliphatic carbocycles. The molecule has 0 fully saturated rings. The number of rotatable bonds is 4. The largest absolute Gasteiger partial charge is 0.306 e. The summed E-state index contributed by atoms with van der Waals surface area (Å²) in [6.07, 6.45) is 5.25. The lowest BCUT2D eigenvalue weighted by Crippen LogP contribution is -2.29. The maximum Gasteiger partial charge on any atom is 0.258 e. The lowest BCUT2D eigenvalue weighted by molar-refractivity contribution is 0.102. The number of hydrogen-bond acceptors (Lipinski definition) is 3. The minimum Gasteiger partial charge on any atom is -0.306 e. The van der Waals surface area contributed by atoms with Gasteiger partial charge in [0, 0.05) is 6.04 Å². The van der Waals surface area contributed by atoms with Gasteiger partial charge in [-0.05, 0) is 69.3 Å². The number of nitrogens with zero attached hydrogens (tertiary/aromatic N) is 2. The van der Waals surface area contributed by atoms with Crippen LogP contribution in [-0.2, 0) is 0 Å². The monoisotopic (exact) mass is 373 g/mol. The van der Waals surface area contributed by atoms with E-state index in [-0.39, 0.29) is 10.6 Å². The van der Waals surface area contributed by atoms with Crippen molar-refractivity contribution in [3.8, 4) is 0 Å². The minimum atomic E-state index is -0.480. The molecule has 1 aliphatic rings. The van der Waals surface area contributed by atoms with Gasteiger partial charge in [-0.2, -0.15) is 0 Å². The first kappa shape index (κ1) is 18.5. The maximum atomic E-state index is 13.1. The fraction of sp³-hybridized carbons (Fsp3) is 0.300. The van der Waals surface area contributed by atoms with Gasteiger partial charge in [0.1, 0.15) is 11.6 Å². The second kappa shape index (κ2) is 7.98. The molecule has 0 bridgehead atoms. The van der Waals surface area contributed by atoms with E-state index in [0.717, 1.165) is 31.0 Å². The number of nitrogens with one attached hydrogen (secondary N) is 1. The van der Waals surface area contributed by atoms with Crippen LogP contribution in [0, 0.1) is 5.82 Å². The highest BCUT2D eigenvalue weighted by Crippen LogP contribution is 2.28. The number of hydrogen-bond donors (Lipinski definition) is 1. The Bertz CT molecular complexity index is 851. The van der Waals surface area contributed by atoms with Crippen LogP contribution in [0.3, 0.4) is 0 Å². The smallest absolute Gasteiger partial charge is 0.258 e. The number of aromatic nitrogens is 1. The molecule has 1 atom stereocenters. The quantitative estimate of drug-likeness (QED) is 0.850. The first-order chi connectivity index (χ1) is 12.4. The highest BCUT2D eigenvalue weighted by Gasteiger charge is 2.18. The third-order valence-electron chi connectivity index (χ3n) is 4.61. The molecule has 1 aromatic heterocycles. The SMILES string of the molecule is CN(C)C1CC=C(c2cccc(NC(=O)c3ccc(F)cc3Cl)n2)CC1. The topological polar surface area (TPSA) is 45.2 Å². The van der Waals surface area contributed by atoms with Crippen molar-refractivity contribution in [3.05, 3.63) is 64.6 Å². The molecule has 1 N–H and O–H groups in total. The molecule has 1 amide bonds. The van der Waals surface area contributed by atoms with Crippen LogP contribution in [-0.4, -0.2) is 35.9 Å². The van der Waals surface area contributed by atoms with Gasteiger partial charge in [0.2, 0.25) is 0 Å². The van der Waals surface area contributed by atoms with Crippen molar-refractivity contribution >= 4 is 28.9 Å². The van der Waals surface area contributed by atoms with Crippen LogP contribution in [0.4, 0.5) is 10.2 Å². The minimum absolute atomic E-state index is 0.0726. The lowest BCUT2D eigenvalue weighted by atomic mass is 9.92. The van der Waals surface area contributed by atoms with Crippen LogP contribution in [0.15, 0.2) is 42.5 Å². The van der Waals surface area contributed by atoms with Crippen molar-refractivity contribution < 1.29 is 9.18 Å². The summed E-state index contributed by atoms with van der Waals surface area (Å²) in [6, 6.07) is 9.78. The van der Waals surface area contributed by atoms with Crippen molar-refractivity contribution in [2.75, 3.05) is 19.4 Å². The van der Waals surface area contributed by atoms with E-state index in [0.29, 0.717) is 11.9 Å². The summed E-state index contributed by atoms with van der Waals surface area (Å²) in [5.41, 5.74) is 2.27. The van der Waals surface area contributed by atoms with Crippen LogP contribution in [0.25, 0.3) is 5.57 Å². The first-order valence-electron chi connectivity index (χ1n) is 8.53. The second-order valence-corrected chi connectivity index (χ2v) is 7.01. The summed E-state index contributed by atoms with van der Waals surface area (Å²) >= 11 is 5.95. The molecule has 4 nitrogen and oxygen atoms in total. The number of carbonyl (C=O) groups excluding carboxylic acids is 1. The standard InChI is InChI=1S/C20H21ClFN3O/c1-25(2)15-9-6-13(7-10-15)18-4-3-5-19(23-18)24-20(26)16-11-8-14(22)12-17(16)21/h3-6,8,11-12,15H,7,9-10H2,1-2H3,(H,23,24,26). The van der Waals surface area contributed by atoms with E-state index in [1.165, 1.54) is 17.7 Å². The van der Waals surface area contributed by atoms with E-state index >= 15 is 0 Å². The number of anilines is 1. The predicted molar refractivity (Wildman–Crippen MR) is 103 cm³/mol. The van der Waals surface area contributed by atoms with Gasteiger partial charge in [0.15, 0.2) is 0 Å². The zero-order valence-corrected chi connectivity index (χ0v) is 15.6. The number of halogens is 2. The van der Waals surface area contributed by atoms with Crippen molar-refractivity contribution in [2.45, 2.75) is 25.3 Å². The average molecular weight is 374 g/mol. The molecule has 1 heterocycles. The molecule has 0 spiro atoms. The third-order valence-corrected chi connectivity index (χ3v) is 4.92. The zero-order valence-electron chi connectivity index (χ0n) is 14.8. The molecular formula is C20H21ClFN3O. The van der Waals surface area contributed by atoms with Crippen LogP contribution < -0.4 is 5.32 Å². The highest BCUT2D eigenvalue weighted by atomic mass is 35.5. The highest BCUT2D eigenvalue weighted by molar-refractivity contribution is 6.34. The molecule has 6 heteroatoms. The molecule has 0 radical (unpaired) electrons. The van der Waals surface area contributed by atoms with E-state index in [4.69, 9.17) is 11.6 Å². The van der Waals surface area contributed by atoms with Gasteiger partial charge in [0.05, 0.1) is 16.3 Å². The maximum absolute atomic E-state index is 13.1. The Morgan fingerprint density at radius 2 is 2.12 bits per heavy atom. The van der Waals surface area contributed by atoms with Crippen molar-refractivity contribution in [2.24, 2.45) is 0 Å². The van der Waals surface area contributed by atoms with Gasteiger partial charge in [0.25, 0.3) is 5.91 Å². The van der Waals surface area contributed by atoms with Crippen LogP contribution in [0.5, 0.6) is 0 Å². The first-order valence-corrected chi connectivity index (χ1v) is 8.91. The fourth-order valence-electron chi connectivity index (χ4n) is 3.06. The summed E-state index contributed by atoms with van der Waals surface area (Å²) in [5, 5.41) is 2.81. The van der Waals surface area contributed by atoms with E-state index in [1.54, 1.807) is 6.07 Å². The lowest BCUT2D eigenvalue weighted by Gasteiger charge is -2.27. The van der Waals surface area contributed by atoms with Crippen LogP contribution >= 0.6 is 11.6 Å². The van der Waals surface area contributed by atoms with Gasteiger partial charge in [-0.15, -0.1) is 0 Å². The fourth-order valence-corrected chi connectivity index (χ4v) is 3.32. The van der Waals surface area contributed by atoms with Crippen LogP contribution in [0.1, 0.15) is 35.3 Å². The normalized spacial score (nSPS) is 17.1. The van der Waals surface area contributed by atoms with E-state index in [1.807, 2.05) is 12.1 Å². The Morgan fingerprint density at radius 3 is 2.77 bits per heavy atom. The molecule has 1 unspecified atom stereocenters. The van der Waals surface area contributed by atoms with Crippen LogP contribution in [0.2, 0.25) is 5.02 Å². The molecule has 0 saturated heterocycles. The van der Waals surface area contributed by atoms with Gasteiger partial charge in [-0.25, -0.2) is 9.37 Å². The Morgan fingerprint density at radius 1 is 1.31 bits per heavy atom. The van der Waals surface area contributed by atoms with Gasteiger partial charge in [-0.1, -0.05) is 23.7 Å². The number of allylic oxidation sites excluding steroid dienone is 1. The van der Waals surface area contributed by atoms with Crippen molar-refractivity contribution in [1.29, 1.82) is 0 Å². The Labute approximate surface area is 157 Å². The summed E-state index contributed by atoms with van der Waals surface area (Å²) in [4.78, 5) is 19.2. The summed E-state index contributed by atoms with van der Waals surface area (Å²) < 4.78 is 13.1. The van der Waals surface area contributed by atoms with Crippen molar-refractivity contribution in [1.82, 2.24) is 9.88 Å². The third kappa shape index (κ3) is 4.29. The molecule has 26 heavy (non-hydrogen) atoms. The van der Waals surface area contributed by atoms with Crippen molar-refractivity contribution in [3.63, 3.8) is 0 Å². The second-order valence-electron chi connectivity index (χ2n) is 6.61. The van der Waals surface area contributed by atoms with Gasteiger partial charge < -0.3 is 10.2 Å². The number of carbonyl (C=O) groups is 1. The number of amides is 1. The average Bonchev–Trinajstić information content (AvgIpc) is 2.62. The van der Waals surface area contributed by atoms with Gasteiger partial charge >= 0.3 is 0 Å². The Balaban J connectivity index is 1.75. The number of pyridine rings is 1. The molecule has 3 rings (SSSR count). The molecule has 0 saturated carbocycles. The zero-order chi connectivity index (χ0) is 18.7. The van der Waals surface area contributed by atoms with E-state index in [2.05, 4.69) is 35.4 Å². The molecular weight excluding hydrogens is 353 g/mol. The predicted octanol–water partition coefficient (Wildman–Crippen LogP) is 4.62. The number of benzene rings is 1. The Kier molecular flexibility index (Phi) is 5.69. The summed E-state index contributed by atoms with van der Waals surface area (Å²) in [5.74, 6) is -0.444. The molecule has 136 valence electrons. The molecule has 2 aromatic rings.